The first kappa shape index (κ1) is 22.0. The van der Waals surface area contributed by atoms with Crippen LogP contribution in [0, 0.1) is 0 Å². The third-order valence-corrected chi connectivity index (χ3v) is 5.62. The molecule has 3 amide bonds. The molecule has 0 aliphatic carbocycles. The zero-order chi connectivity index (χ0) is 22.4. The Hall–Kier alpha value is -3.72. The maximum atomic E-state index is 13.3. The van der Waals surface area contributed by atoms with Crippen molar-refractivity contribution in [2.24, 2.45) is 5.73 Å². The second-order valence-electron chi connectivity index (χ2n) is 6.94. The topological polar surface area (TPSA) is 131 Å². The summed E-state index contributed by atoms with van der Waals surface area (Å²) in [4.78, 5) is 39.1. The highest BCUT2D eigenvalue weighted by atomic mass is 32.1. The van der Waals surface area contributed by atoms with Crippen molar-refractivity contribution < 1.29 is 14.4 Å². The number of hydrogen-bond donors (Lipinski definition) is 3. The van der Waals surface area contributed by atoms with Crippen LogP contribution in [0.15, 0.2) is 60.7 Å². The van der Waals surface area contributed by atoms with E-state index < -0.39 is 17.9 Å². The maximum absolute atomic E-state index is 13.3. The van der Waals surface area contributed by atoms with Gasteiger partial charge in [-0.1, -0.05) is 60.7 Å². The molecule has 0 fully saturated rings. The molecule has 0 spiro atoms. The third kappa shape index (κ3) is 5.26. The average molecular weight is 438 g/mol. The summed E-state index contributed by atoms with van der Waals surface area (Å²) in [5.74, 6) is -1.61. The molecule has 1 heterocycles. The van der Waals surface area contributed by atoms with E-state index in [4.69, 9.17) is 11.5 Å². The molecular formula is C22H23N5O3S. The number of benzene rings is 2. The number of nitrogens with two attached hydrogens (primary N) is 2. The quantitative estimate of drug-likeness (QED) is 0.497. The van der Waals surface area contributed by atoms with Crippen LogP contribution < -0.4 is 16.8 Å². The highest BCUT2D eigenvalue weighted by Gasteiger charge is 2.31. The number of hydrogen-bond acceptors (Lipinski definition) is 6. The van der Waals surface area contributed by atoms with Crippen LogP contribution in [0.4, 0.5) is 5.69 Å². The molecule has 3 rings (SSSR count). The summed E-state index contributed by atoms with van der Waals surface area (Å²) in [6.45, 7) is 2.17. The largest absolute Gasteiger partial charge is 0.395 e. The molecule has 0 saturated carbocycles. The Morgan fingerprint density at radius 2 is 1.61 bits per heavy atom. The normalized spacial score (nSPS) is 11.5. The summed E-state index contributed by atoms with van der Waals surface area (Å²) < 4.78 is 3.90. The molecule has 1 atom stereocenters. The van der Waals surface area contributed by atoms with Crippen LogP contribution in [0.25, 0.3) is 0 Å². The standard InChI is InChI=1S/C22H23N5O3S/c1-14(21(29)25-12-15-8-4-2-5-9-15)27(13-16-10-6-3-7-11-16)22(30)19-17(23)18(20(24)28)26-31-19/h2-11,14H,12-13,23H2,1H3,(H2,24,28)(H,25,29)/t14-/m1/s1. The molecule has 0 saturated heterocycles. The molecule has 1 aromatic heterocycles. The zero-order valence-electron chi connectivity index (χ0n) is 16.9. The summed E-state index contributed by atoms with van der Waals surface area (Å²) in [7, 11) is 0. The van der Waals surface area contributed by atoms with Crippen molar-refractivity contribution in [3.63, 3.8) is 0 Å². The predicted octanol–water partition coefficient (Wildman–Crippen LogP) is 2.17. The number of anilines is 1. The number of amides is 3. The van der Waals surface area contributed by atoms with E-state index in [1.54, 1.807) is 6.92 Å². The Balaban J connectivity index is 1.84. The SMILES string of the molecule is C[C@H](C(=O)NCc1ccccc1)N(Cc1ccccc1)C(=O)c1snc(C(N)=O)c1N. The molecule has 5 N–H and O–H groups in total. The molecular weight excluding hydrogens is 414 g/mol. The van der Waals surface area contributed by atoms with Crippen molar-refractivity contribution in [2.75, 3.05) is 5.73 Å². The van der Waals surface area contributed by atoms with Gasteiger partial charge in [-0.3, -0.25) is 14.4 Å². The maximum Gasteiger partial charge on any atom is 0.270 e. The van der Waals surface area contributed by atoms with Crippen LogP contribution in [0.1, 0.15) is 38.2 Å². The fourth-order valence-electron chi connectivity index (χ4n) is 3.00. The van der Waals surface area contributed by atoms with Crippen LogP contribution in [0.5, 0.6) is 0 Å². The van der Waals surface area contributed by atoms with E-state index in [1.807, 2.05) is 60.7 Å². The first-order valence-corrected chi connectivity index (χ1v) is 10.4. The third-order valence-electron chi connectivity index (χ3n) is 4.77. The van der Waals surface area contributed by atoms with E-state index in [0.29, 0.717) is 6.54 Å². The van der Waals surface area contributed by atoms with Crippen LogP contribution in [-0.2, 0) is 17.9 Å². The van der Waals surface area contributed by atoms with Crippen molar-refractivity contribution >= 4 is 34.9 Å². The Morgan fingerprint density at radius 1 is 1.03 bits per heavy atom. The second-order valence-corrected chi connectivity index (χ2v) is 7.71. The van der Waals surface area contributed by atoms with Gasteiger partial charge in [0.25, 0.3) is 11.8 Å². The van der Waals surface area contributed by atoms with Gasteiger partial charge >= 0.3 is 0 Å². The van der Waals surface area contributed by atoms with E-state index in [-0.39, 0.29) is 28.7 Å². The van der Waals surface area contributed by atoms with E-state index in [0.717, 1.165) is 22.7 Å². The molecule has 9 heteroatoms. The second kappa shape index (κ2) is 9.86. The Morgan fingerprint density at radius 3 is 2.16 bits per heavy atom. The molecule has 0 bridgehead atoms. The Bertz CT molecular complexity index is 1070. The molecule has 160 valence electrons. The number of carbonyl (C=O) groups is 3. The number of nitrogens with one attached hydrogen (secondary N) is 1. The molecule has 0 aliphatic rings. The fourth-order valence-corrected chi connectivity index (χ4v) is 3.76. The highest BCUT2D eigenvalue weighted by Crippen LogP contribution is 2.25. The van der Waals surface area contributed by atoms with Gasteiger partial charge in [0, 0.05) is 13.1 Å². The number of aromatic nitrogens is 1. The van der Waals surface area contributed by atoms with Crippen molar-refractivity contribution in [1.29, 1.82) is 0 Å². The molecule has 31 heavy (non-hydrogen) atoms. The average Bonchev–Trinajstić information content (AvgIpc) is 3.18. The zero-order valence-corrected chi connectivity index (χ0v) is 17.8. The number of nitrogen functional groups attached to an aromatic ring is 1. The van der Waals surface area contributed by atoms with E-state index in [2.05, 4.69) is 9.69 Å². The van der Waals surface area contributed by atoms with Crippen LogP contribution >= 0.6 is 11.5 Å². The number of nitrogens with zero attached hydrogens (tertiary/aromatic N) is 2. The Labute approximate surface area is 184 Å². The van der Waals surface area contributed by atoms with Gasteiger partial charge in [0.2, 0.25) is 5.91 Å². The first-order valence-electron chi connectivity index (χ1n) is 9.60. The summed E-state index contributed by atoms with van der Waals surface area (Å²) >= 11 is 0.792. The summed E-state index contributed by atoms with van der Waals surface area (Å²) in [5.41, 5.74) is 12.8. The van der Waals surface area contributed by atoms with E-state index in [1.165, 1.54) is 4.90 Å². The minimum Gasteiger partial charge on any atom is -0.395 e. The molecule has 3 aromatic rings. The minimum absolute atomic E-state index is 0.0718. The lowest BCUT2D eigenvalue weighted by atomic mass is 10.1. The lowest BCUT2D eigenvalue weighted by Crippen LogP contribution is -2.47. The van der Waals surface area contributed by atoms with Gasteiger partial charge in [-0.15, -0.1) is 0 Å². The van der Waals surface area contributed by atoms with Crippen LogP contribution in [-0.4, -0.2) is 33.0 Å². The predicted molar refractivity (Wildman–Crippen MR) is 119 cm³/mol. The fraction of sp³-hybridized carbons (Fsp3) is 0.182. The van der Waals surface area contributed by atoms with E-state index in [9.17, 15) is 14.4 Å². The molecule has 0 aliphatic heterocycles. The van der Waals surface area contributed by atoms with Gasteiger partial charge in [-0.05, 0) is 29.6 Å². The summed E-state index contributed by atoms with van der Waals surface area (Å²) in [5, 5.41) is 2.86. The van der Waals surface area contributed by atoms with Crippen LogP contribution in [0.3, 0.4) is 0 Å². The van der Waals surface area contributed by atoms with Gasteiger partial charge in [-0.2, -0.15) is 4.37 Å². The summed E-state index contributed by atoms with van der Waals surface area (Å²) in [6.07, 6.45) is 0. The van der Waals surface area contributed by atoms with E-state index >= 15 is 0 Å². The number of carbonyl (C=O) groups excluding carboxylic acids is 3. The number of primary amides is 1. The molecule has 0 unspecified atom stereocenters. The van der Waals surface area contributed by atoms with Gasteiger partial charge in [0.1, 0.15) is 10.9 Å². The smallest absolute Gasteiger partial charge is 0.270 e. The van der Waals surface area contributed by atoms with Crippen molar-refractivity contribution in [3.8, 4) is 0 Å². The Kier molecular flexibility index (Phi) is 6.99. The van der Waals surface area contributed by atoms with Crippen LogP contribution in [0.2, 0.25) is 0 Å². The van der Waals surface area contributed by atoms with Crippen molar-refractivity contribution in [2.45, 2.75) is 26.1 Å². The number of rotatable bonds is 8. The highest BCUT2D eigenvalue weighted by molar-refractivity contribution is 7.09. The lowest BCUT2D eigenvalue weighted by molar-refractivity contribution is -0.125. The van der Waals surface area contributed by atoms with Crippen molar-refractivity contribution in [1.82, 2.24) is 14.6 Å². The van der Waals surface area contributed by atoms with Crippen molar-refractivity contribution in [3.05, 3.63) is 82.4 Å². The first-order chi connectivity index (χ1) is 14.9. The molecule has 8 nitrogen and oxygen atoms in total. The molecule has 0 radical (unpaired) electrons. The lowest BCUT2D eigenvalue weighted by Gasteiger charge is -2.28. The van der Waals surface area contributed by atoms with Gasteiger partial charge < -0.3 is 21.7 Å². The van der Waals surface area contributed by atoms with Gasteiger partial charge in [0.05, 0.1) is 5.69 Å². The summed E-state index contributed by atoms with van der Waals surface area (Å²) in [6, 6.07) is 18.0. The molecule has 2 aromatic carbocycles. The monoisotopic (exact) mass is 437 g/mol. The van der Waals surface area contributed by atoms with Gasteiger partial charge in [-0.25, -0.2) is 0 Å². The van der Waals surface area contributed by atoms with Gasteiger partial charge in [0.15, 0.2) is 5.69 Å². The minimum atomic E-state index is -0.809.